The molecule has 0 aromatic heterocycles. The van der Waals surface area contributed by atoms with Gasteiger partial charge in [-0.1, -0.05) is 207 Å². The Bertz CT molecular complexity index is 2020. The van der Waals surface area contributed by atoms with Gasteiger partial charge in [-0.3, -0.25) is 0 Å². The van der Waals surface area contributed by atoms with Crippen LogP contribution in [0.3, 0.4) is 0 Å². The van der Waals surface area contributed by atoms with Gasteiger partial charge in [-0.05, 0) is 164 Å². The third-order valence-corrected chi connectivity index (χ3v) is 19.2. The van der Waals surface area contributed by atoms with Crippen LogP contribution in [0, 0.1) is 57.7 Å². The number of nitrogens with zero attached hydrogens (tertiary/aromatic N) is 1. The van der Waals surface area contributed by atoms with E-state index in [1.165, 1.54) is 179 Å². The van der Waals surface area contributed by atoms with Crippen LogP contribution in [-0.2, 0) is 16.0 Å². The number of aryl methyl sites for hydroxylation is 1. The molecular formula is C68H105NO4. The Labute approximate surface area is 447 Å². The van der Waals surface area contributed by atoms with E-state index in [4.69, 9.17) is 14.2 Å². The molecule has 6 rings (SSSR count). The first-order valence-electron chi connectivity index (χ1n) is 31.0. The molecule has 0 spiro atoms. The van der Waals surface area contributed by atoms with Gasteiger partial charge < -0.3 is 14.2 Å². The molecule has 0 unspecified atom stereocenters. The summed E-state index contributed by atoms with van der Waals surface area (Å²) in [5.41, 5.74) is 5.90. The van der Waals surface area contributed by atoms with Crippen molar-refractivity contribution in [1.29, 1.82) is 5.26 Å². The highest BCUT2D eigenvalue weighted by molar-refractivity contribution is 5.90. The van der Waals surface area contributed by atoms with Gasteiger partial charge in [-0.15, -0.1) is 0 Å². The standard InChI is InChI=1S/C68H105NO4/c1-8-10-12-14-16-18-20-22-24-26-31-56-33-32-54(48-65(56)71-46-27-25-23-21-19-17-15-13-11-9-2)47-57(50-69)55-34-37-59(38-35-55)72-51-66(70)73-60-42-44-67(6)58(49-60)36-39-61-63-41-40-62(53(5)30-28-29-52(3)4)68(63,7)45-43-64(61)67/h32-38,47-48,52-53,60-64H,8-31,39-46,49,51H2,1-7H3/b57-47+/t53-,60+,61+,62-,63+,64+,67+,68-/m1/s1. The molecule has 8 atom stereocenters. The fourth-order valence-electron chi connectivity index (χ4n) is 14.8. The molecule has 5 nitrogen and oxygen atoms in total. The molecule has 3 fully saturated rings. The Balaban J connectivity index is 0.972. The average Bonchev–Trinajstić information content (AvgIpc) is 3.75. The van der Waals surface area contributed by atoms with Gasteiger partial charge >= 0.3 is 5.97 Å². The lowest BCUT2D eigenvalue weighted by molar-refractivity contribution is -0.153. The molecule has 0 N–H and O–H groups in total. The predicted molar refractivity (Wildman–Crippen MR) is 308 cm³/mol. The van der Waals surface area contributed by atoms with Crippen molar-refractivity contribution >= 4 is 17.6 Å². The Morgan fingerprint density at radius 3 is 2.00 bits per heavy atom. The van der Waals surface area contributed by atoms with Crippen molar-refractivity contribution in [2.24, 2.45) is 46.3 Å². The number of fused-ring (bicyclic) bond motifs is 5. The minimum absolute atomic E-state index is 0.0894. The van der Waals surface area contributed by atoms with Crippen LogP contribution >= 0.6 is 0 Å². The summed E-state index contributed by atoms with van der Waals surface area (Å²) >= 11 is 0. The molecule has 0 bridgehead atoms. The highest BCUT2D eigenvalue weighted by Gasteiger charge is 2.59. The van der Waals surface area contributed by atoms with E-state index in [0.29, 0.717) is 16.7 Å². The van der Waals surface area contributed by atoms with Crippen LogP contribution in [0.25, 0.3) is 11.6 Å². The quantitative estimate of drug-likeness (QED) is 0.0230. The van der Waals surface area contributed by atoms with Crippen LogP contribution in [0.15, 0.2) is 54.1 Å². The second kappa shape index (κ2) is 30.9. The molecule has 0 aliphatic heterocycles. The molecule has 0 radical (unpaired) electrons. The molecule has 5 heteroatoms. The predicted octanol–water partition coefficient (Wildman–Crippen LogP) is 19.8. The van der Waals surface area contributed by atoms with Crippen LogP contribution in [-0.4, -0.2) is 25.3 Å². The molecule has 406 valence electrons. The number of benzene rings is 2. The van der Waals surface area contributed by atoms with Crippen molar-refractivity contribution < 1.29 is 19.0 Å². The summed E-state index contributed by atoms with van der Waals surface area (Å²) in [6.45, 7) is 17.7. The average molecular weight is 1000 g/mol. The maximum atomic E-state index is 13.3. The van der Waals surface area contributed by atoms with E-state index in [1.807, 2.05) is 30.3 Å². The number of rotatable bonds is 34. The Morgan fingerprint density at radius 2 is 1.36 bits per heavy atom. The van der Waals surface area contributed by atoms with E-state index in [0.717, 1.165) is 91.1 Å². The normalized spacial score (nSPS) is 25.1. The number of hydrogen-bond donors (Lipinski definition) is 0. The lowest BCUT2D eigenvalue weighted by Crippen LogP contribution is -2.51. The van der Waals surface area contributed by atoms with E-state index in [1.54, 1.807) is 5.57 Å². The highest BCUT2D eigenvalue weighted by Crippen LogP contribution is 2.67. The van der Waals surface area contributed by atoms with Crippen molar-refractivity contribution in [3.63, 3.8) is 0 Å². The van der Waals surface area contributed by atoms with E-state index in [9.17, 15) is 10.1 Å². The molecule has 0 amide bonds. The molecule has 2 aromatic rings. The Hall–Kier alpha value is -3.52. The fraction of sp³-hybridized carbons (Fsp3) is 0.735. The van der Waals surface area contributed by atoms with E-state index >= 15 is 0 Å². The zero-order valence-corrected chi connectivity index (χ0v) is 47.9. The van der Waals surface area contributed by atoms with Crippen LogP contribution in [0.4, 0.5) is 0 Å². The van der Waals surface area contributed by atoms with Crippen molar-refractivity contribution in [3.8, 4) is 17.6 Å². The summed E-state index contributed by atoms with van der Waals surface area (Å²) in [6, 6.07) is 16.5. The smallest absolute Gasteiger partial charge is 0.344 e. The number of esters is 1. The van der Waals surface area contributed by atoms with Gasteiger partial charge in [0.15, 0.2) is 6.61 Å². The molecule has 0 heterocycles. The zero-order valence-electron chi connectivity index (χ0n) is 47.9. The van der Waals surface area contributed by atoms with Gasteiger partial charge in [0.1, 0.15) is 17.6 Å². The molecule has 4 aliphatic rings. The molecule has 4 aliphatic carbocycles. The minimum atomic E-state index is -0.305. The highest BCUT2D eigenvalue weighted by atomic mass is 16.6. The number of nitriles is 1. The van der Waals surface area contributed by atoms with E-state index < -0.39 is 0 Å². The summed E-state index contributed by atoms with van der Waals surface area (Å²) in [5, 5.41) is 10.4. The summed E-state index contributed by atoms with van der Waals surface area (Å²) in [4.78, 5) is 13.3. The van der Waals surface area contributed by atoms with Crippen LogP contribution < -0.4 is 9.47 Å². The molecule has 2 aromatic carbocycles. The molecule has 73 heavy (non-hydrogen) atoms. The van der Waals surface area contributed by atoms with Crippen molar-refractivity contribution in [3.05, 3.63) is 70.8 Å². The summed E-state index contributed by atoms with van der Waals surface area (Å²) in [6.07, 6.45) is 45.6. The van der Waals surface area contributed by atoms with Gasteiger partial charge in [0.05, 0.1) is 18.2 Å². The molecule has 3 saturated carbocycles. The SMILES string of the molecule is CCCCCCCCCCCCOc1cc(/C=C(\C#N)c2ccc(OCC(=O)O[C@H]3CC[C@@]4(C)C(=CC[C@H]5[C@@H]6CC[C@H]([C@H](C)CCCC(C)C)[C@@]6(C)CC[C@@H]54)C3)cc2)ccc1CCCCCCCCCCCC. The largest absolute Gasteiger partial charge is 0.493 e. The van der Waals surface area contributed by atoms with Crippen molar-refractivity contribution in [2.75, 3.05) is 13.2 Å². The first-order chi connectivity index (χ1) is 35.5. The number of carbonyl (C=O) groups excluding carboxylic acids is 1. The molecular weight excluding hydrogens is 895 g/mol. The number of allylic oxidation sites excluding steroid dienone is 2. The fourth-order valence-corrected chi connectivity index (χ4v) is 14.8. The first-order valence-corrected chi connectivity index (χ1v) is 31.0. The molecule has 0 saturated heterocycles. The second-order valence-electron chi connectivity index (χ2n) is 25.0. The lowest BCUT2D eigenvalue weighted by atomic mass is 9.47. The second-order valence-corrected chi connectivity index (χ2v) is 25.0. The Kier molecular flexibility index (Phi) is 24.9. The summed E-state index contributed by atoms with van der Waals surface area (Å²) in [5.74, 6) is 6.17. The lowest BCUT2D eigenvalue weighted by Gasteiger charge is -2.58. The van der Waals surface area contributed by atoms with Crippen LogP contribution in [0.5, 0.6) is 11.5 Å². The topological polar surface area (TPSA) is 68.5 Å². The summed E-state index contributed by atoms with van der Waals surface area (Å²) < 4.78 is 18.7. The number of hydrogen-bond acceptors (Lipinski definition) is 5. The number of ether oxygens (including phenoxy) is 3. The Morgan fingerprint density at radius 1 is 0.712 bits per heavy atom. The van der Waals surface area contributed by atoms with Gasteiger partial charge in [-0.25, -0.2) is 4.79 Å². The monoisotopic (exact) mass is 1000 g/mol. The van der Waals surface area contributed by atoms with E-state index in [-0.39, 0.29) is 24.1 Å². The van der Waals surface area contributed by atoms with Gasteiger partial charge in [0.2, 0.25) is 0 Å². The first kappa shape index (κ1) is 58.7. The maximum absolute atomic E-state index is 13.3. The summed E-state index contributed by atoms with van der Waals surface area (Å²) in [7, 11) is 0. The van der Waals surface area contributed by atoms with Gasteiger partial charge in [0, 0.05) is 6.42 Å². The third kappa shape index (κ3) is 17.5. The van der Waals surface area contributed by atoms with Crippen molar-refractivity contribution in [2.45, 2.75) is 260 Å². The van der Waals surface area contributed by atoms with Gasteiger partial charge in [-0.2, -0.15) is 5.26 Å². The van der Waals surface area contributed by atoms with E-state index in [2.05, 4.69) is 78.8 Å². The number of unbranched alkanes of at least 4 members (excludes halogenated alkanes) is 18. The zero-order chi connectivity index (χ0) is 51.9. The van der Waals surface area contributed by atoms with Gasteiger partial charge in [0.25, 0.3) is 0 Å². The van der Waals surface area contributed by atoms with Crippen LogP contribution in [0.2, 0.25) is 0 Å². The maximum Gasteiger partial charge on any atom is 0.344 e. The van der Waals surface area contributed by atoms with Crippen LogP contribution in [0.1, 0.15) is 264 Å². The number of carbonyl (C=O) groups is 1. The third-order valence-electron chi connectivity index (χ3n) is 19.2. The van der Waals surface area contributed by atoms with Crippen molar-refractivity contribution in [1.82, 2.24) is 0 Å². The minimum Gasteiger partial charge on any atom is -0.493 e.